The third-order valence-electron chi connectivity index (χ3n) is 3.06. The summed E-state index contributed by atoms with van der Waals surface area (Å²) in [5.74, 6) is 0. The lowest BCUT2D eigenvalue weighted by atomic mass is 10.1. The van der Waals surface area contributed by atoms with E-state index in [9.17, 15) is 5.11 Å². The van der Waals surface area contributed by atoms with Crippen LogP contribution < -0.4 is 0 Å². The Labute approximate surface area is 101 Å². The SMILES string of the molecule is CCc1c(CO)nnn1-c1ccc(C)c(C)c1. The van der Waals surface area contributed by atoms with Crippen LogP contribution in [0.2, 0.25) is 0 Å². The highest BCUT2D eigenvalue weighted by Gasteiger charge is 2.11. The summed E-state index contributed by atoms with van der Waals surface area (Å²) in [6.07, 6.45) is 0.801. The number of rotatable bonds is 3. The molecule has 2 rings (SSSR count). The normalized spacial score (nSPS) is 10.8. The molecule has 1 heterocycles. The van der Waals surface area contributed by atoms with E-state index >= 15 is 0 Å². The monoisotopic (exact) mass is 231 g/mol. The lowest BCUT2D eigenvalue weighted by Gasteiger charge is -2.07. The molecule has 2 aromatic rings. The Morgan fingerprint density at radius 1 is 1.24 bits per heavy atom. The molecular formula is C13H17N3O. The number of nitrogens with zero attached hydrogens (tertiary/aromatic N) is 3. The molecular weight excluding hydrogens is 214 g/mol. The molecule has 4 heteroatoms. The molecule has 0 radical (unpaired) electrons. The van der Waals surface area contributed by atoms with Crippen LogP contribution in [0.4, 0.5) is 0 Å². The van der Waals surface area contributed by atoms with Crippen molar-refractivity contribution in [1.82, 2.24) is 15.0 Å². The van der Waals surface area contributed by atoms with Crippen molar-refractivity contribution in [2.24, 2.45) is 0 Å². The fourth-order valence-electron chi connectivity index (χ4n) is 1.87. The van der Waals surface area contributed by atoms with E-state index in [2.05, 4.69) is 36.3 Å². The Morgan fingerprint density at radius 3 is 2.59 bits per heavy atom. The molecule has 4 nitrogen and oxygen atoms in total. The van der Waals surface area contributed by atoms with Crippen molar-refractivity contribution in [2.45, 2.75) is 33.8 Å². The quantitative estimate of drug-likeness (QED) is 0.878. The fraction of sp³-hybridized carbons (Fsp3) is 0.385. The number of hydrogen-bond acceptors (Lipinski definition) is 3. The Kier molecular flexibility index (Phi) is 3.24. The summed E-state index contributed by atoms with van der Waals surface area (Å²) < 4.78 is 1.80. The first-order valence-corrected chi connectivity index (χ1v) is 5.79. The van der Waals surface area contributed by atoms with Gasteiger partial charge >= 0.3 is 0 Å². The molecule has 0 fully saturated rings. The molecule has 0 amide bonds. The maximum Gasteiger partial charge on any atom is 0.112 e. The first-order valence-electron chi connectivity index (χ1n) is 5.79. The van der Waals surface area contributed by atoms with Gasteiger partial charge in [-0.2, -0.15) is 0 Å². The zero-order chi connectivity index (χ0) is 12.4. The van der Waals surface area contributed by atoms with Gasteiger partial charge in [0.15, 0.2) is 0 Å². The first kappa shape index (κ1) is 11.8. The van der Waals surface area contributed by atoms with Crippen LogP contribution in [0.3, 0.4) is 0 Å². The Bertz CT molecular complexity index is 531. The minimum atomic E-state index is -0.0615. The maximum atomic E-state index is 9.19. The van der Waals surface area contributed by atoms with E-state index < -0.39 is 0 Å². The molecule has 0 spiro atoms. The first-order chi connectivity index (χ1) is 8.17. The van der Waals surface area contributed by atoms with Crippen molar-refractivity contribution >= 4 is 0 Å². The van der Waals surface area contributed by atoms with Crippen LogP contribution in [-0.2, 0) is 13.0 Å². The average molecular weight is 231 g/mol. The Balaban J connectivity index is 2.52. The number of benzene rings is 1. The van der Waals surface area contributed by atoms with Crippen molar-refractivity contribution in [3.8, 4) is 5.69 Å². The van der Waals surface area contributed by atoms with Crippen molar-refractivity contribution in [2.75, 3.05) is 0 Å². The van der Waals surface area contributed by atoms with Gasteiger partial charge in [-0.05, 0) is 43.5 Å². The number of aliphatic hydroxyl groups is 1. The Hall–Kier alpha value is -1.68. The predicted octanol–water partition coefficient (Wildman–Crippen LogP) is 1.94. The lowest BCUT2D eigenvalue weighted by molar-refractivity contribution is 0.275. The maximum absolute atomic E-state index is 9.19. The molecule has 0 aliphatic carbocycles. The molecule has 1 aromatic heterocycles. The largest absolute Gasteiger partial charge is 0.390 e. The van der Waals surface area contributed by atoms with E-state index in [0.717, 1.165) is 17.8 Å². The summed E-state index contributed by atoms with van der Waals surface area (Å²) in [6, 6.07) is 6.19. The van der Waals surface area contributed by atoms with Crippen LogP contribution >= 0.6 is 0 Å². The summed E-state index contributed by atoms with van der Waals surface area (Å²) in [4.78, 5) is 0. The molecule has 0 aliphatic rings. The van der Waals surface area contributed by atoms with Gasteiger partial charge in [0.25, 0.3) is 0 Å². The molecule has 1 aromatic carbocycles. The number of aromatic nitrogens is 3. The van der Waals surface area contributed by atoms with Crippen LogP contribution in [0.25, 0.3) is 5.69 Å². The van der Waals surface area contributed by atoms with Gasteiger partial charge in [-0.3, -0.25) is 0 Å². The minimum Gasteiger partial charge on any atom is -0.390 e. The van der Waals surface area contributed by atoms with Crippen molar-refractivity contribution in [3.63, 3.8) is 0 Å². The van der Waals surface area contributed by atoms with Crippen LogP contribution in [0, 0.1) is 13.8 Å². The number of aryl methyl sites for hydroxylation is 2. The van der Waals surface area contributed by atoms with E-state index in [1.807, 2.05) is 13.0 Å². The lowest BCUT2D eigenvalue weighted by Crippen LogP contribution is -2.03. The fourth-order valence-corrected chi connectivity index (χ4v) is 1.87. The van der Waals surface area contributed by atoms with E-state index in [1.165, 1.54) is 11.1 Å². The highest BCUT2D eigenvalue weighted by molar-refractivity contribution is 5.40. The van der Waals surface area contributed by atoms with Gasteiger partial charge in [0.05, 0.1) is 18.0 Å². The van der Waals surface area contributed by atoms with E-state index in [0.29, 0.717) is 5.69 Å². The van der Waals surface area contributed by atoms with E-state index in [-0.39, 0.29) is 6.61 Å². The van der Waals surface area contributed by atoms with Gasteiger partial charge in [-0.1, -0.05) is 18.2 Å². The molecule has 0 saturated heterocycles. The average Bonchev–Trinajstić information content (AvgIpc) is 2.75. The van der Waals surface area contributed by atoms with Crippen molar-refractivity contribution < 1.29 is 5.11 Å². The summed E-state index contributed by atoms with van der Waals surface area (Å²) in [5.41, 5.74) is 5.11. The smallest absolute Gasteiger partial charge is 0.112 e. The third kappa shape index (κ3) is 2.08. The topological polar surface area (TPSA) is 50.9 Å². The van der Waals surface area contributed by atoms with Gasteiger partial charge in [-0.25, -0.2) is 4.68 Å². The molecule has 1 N–H and O–H groups in total. The van der Waals surface area contributed by atoms with E-state index in [4.69, 9.17) is 0 Å². The van der Waals surface area contributed by atoms with Crippen molar-refractivity contribution in [1.29, 1.82) is 0 Å². The molecule has 90 valence electrons. The van der Waals surface area contributed by atoms with Crippen molar-refractivity contribution in [3.05, 3.63) is 40.7 Å². The molecule has 0 unspecified atom stereocenters. The van der Waals surface area contributed by atoms with Gasteiger partial charge in [-0.15, -0.1) is 5.10 Å². The molecule has 0 atom stereocenters. The third-order valence-corrected chi connectivity index (χ3v) is 3.06. The zero-order valence-corrected chi connectivity index (χ0v) is 10.4. The zero-order valence-electron chi connectivity index (χ0n) is 10.4. The number of hydrogen-bond donors (Lipinski definition) is 1. The highest BCUT2D eigenvalue weighted by atomic mass is 16.3. The van der Waals surface area contributed by atoms with Crippen LogP contribution in [0.15, 0.2) is 18.2 Å². The molecule has 0 saturated carbocycles. The van der Waals surface area contributed by atoms with Crippen LogP contribution in [0.5, 0.6) is 0 Å². The van der Waals surface area contributed by atoms with E-state index in [1.54, 1.807) is 4.68 Å². The minimum absolute atomic E-state index is 0.0615. The molecule has 0 aliphatic heterocycles. The van der Waals surface area contributed by atoms with Gasteiger partial charge in [0, 0.05) is 0 Å². The second kappa shape index (κ2) is 4.67. The molecule has 17 heavy (non-hydrogen) atoms. The van der Waals surface area contributed by atoms with Gasteiger partial charge in [0.2, 0.25) is 0 Å². The highest BCUT2D eigenvalue weighted by Crippen LogP contribution is 2.17. The molecule has 0 bridgehead atoms. The van der Waals surface area contributed by atoms with Gasteiger partial charge < -0.3 is 5.11 Å². The van der Waals surface area contributed by atoms with Gasteiger partial charge in [0.1, 0.15) is 5.69 Å². The summed E-state index contributed by atoms with van der Waals surface area (Å²) in [7, 11) is 0. The summed E-state index contributed by atoms with van der Waals surface area (Å²) >= 11 is 0. The number of aliphatic hydroxyl groups excluding tert-OH is 1. The summed E-state index contributed by atoms with van der Waals surface area (Å²) in [6.45, 7) is 6.14. The predicted molar refractivity (Wildman–Crippen MR) is 66.1 cm³/mol. The standard InChI is InChI=1S/C13H17N3O/c1-4-13-12(8-17)14-15-16(13)11-6-5-9(2)10(3)7-11/h5-7,17H,4,8H2,1-3H3. The second-order valence-electron chi connectivity index (χ2n) is 4.17. The Morgan fingerprint density at radius 2 is 2.00 bits per heavy atom. The summed E-state index contributed by atoms with van der Waals surface area (Å²) in [5, 5.41) is 17.3. The second-order valence-corrected chi connectivity index (χ2v) is 4.17. The van der Waals surface area contributed by atoms with Crippen LogP contribution in [-0.4, -0.2) is 20.1 Å². The van der Waals surface area contributed by atoms with Crippen LogP contribution in [0.1, 0.15) is 29.4 Å².